The van der Waals surface area contributed by atoms with E-state index in [0.29, 0.717) is 17.9 Å². The Bertz CT molecular complexity index is 579. The summed E-state index contributed by atoms with van der Waals surface area (Å²) in [5.41, 5.74) is 1.68. The van der Waals surface area contributed by atoms with Crippen molar-refractivity contribution in [2.24, 2.45) is 0 Å². The molecule has 2 aromatic carbocycles. The number of anilines is 1. The zero-order valence-electron chi connectivity index (χ0n) is 11.9. The molecule has 0 aliphatic rings. The molecule has 110 valence electrons. The lowest BCUT2D eigenvalue weighted by atomic mass is 10.1. The minimum atomic E-state index is -0.266. The quantitative estimate of drug-likeness (QED) is 0.620. The van der Waals surface area contributed by atoms with Crippen molar-refractivity contribution in [3.63, 3.8) is 0 Å². The molecule has 21 heavy (non-hydrogen) atoms. The number of carbonyl (C=O) groups is 1. The molecule has 0 spiro atoms. The number of Topliss-reactive ketones (excluding diaryl/α,β-unsaturated/α-hetero) is 1. The molecule has 4 heteroatoms. The van der Waals surface area contributed by atoms with Gasteiger partial charge in [0, 0.05) is 17.8 Å². The first-order valence-corrected chi connectivity index (χ1v) is 6.88. The van der Waals surface area contributed by atoms with Gasteiger partial charge >= 0.3 is 0 Å². The van der Waals surface area contributed by atoms with E-state index in [-0.39, 0.29) is 11.6 Å². The van der Waals surface area contributed by atoms with E-state index in [4.69, 9.17) is 4.74 Å². The number of ether oxygens (including phenoxy) is 1. The molecule has 0 aliphatic carbocycles. The summed E-state index contributed by atoms with van der Waals surface area (Å²) in [6.07, 6.45) is 0.825. The van der Waals surface area contributed by atoms with Crippen LogP contribution in [-0.4, -0.2) is 18.9 Å². The van der Waals surface area contributed by atoms with Crippen LogP contribution >= 0.6 is 0 Å². The summed E-state index contributed by atoms with van der Waals surface area (Å²) in [7, 11) is 0. The summed E-state index contributed by atoms with van der Waals surface area (Å²) in [4.78, 5) is 11.2. The molecule has 0 saturated heterocycles. The van der Waals surface area contributed by atoms with Gasteiger partial charge in [-0.1, -0.05) is 0 Å². The third kappa shape index (κ3) is 4.91. The van der Waals surface area contributed by atoms with Gasteiger partial charge in [0.25, 0.3) is 0 Å². The highest BCUT2D eigenvalue weighted by Crippen LogP contribution is 2.12. The number of carbonyl (C=O) groups excluding carboxylic acids is 1. The van der Waals surface area contributed by atoms with Crippen molar-refractivity contribution in [2.45, 2.75) is 13.3 Å². The van der Waals surface area contributed by atoms with Crippen molar-refractivity contribution < 1.29 is 13.9 Å². The number of ketones is 1. The zero-order valence-corrected chi connectivity index (χ0v) is 11.9. The Labute approximate surface area is 123 Å². The van der Waals surface area contributed by atoms with Gasteiger partial charge in [-0.25, -0.2) is 4.39 Å². The topological polar surface area (TPSA) is 38.3 Å². The van der Waals surface area contributed by atoms with E-state index in [2.05, 4.69) is 5.32 Å². The van der Waals surface area contributed by atoms with Crippen LogP contribution < -0.4 is 10.1 Å². The summed E-state index contributed by atoms with van der Waals surface area (Å²) in [6, 6.07) is 13.4. The standard InChI is InChI=1S/C17H18FNO2/c1-13(20)14-3-7-16(8-4-14)19-11-2-12-21-17-9-5-15(18)6-10-17/h3-10,19H,2,11-12H2,1H3. The third-order valence-electron chi connectivity index (χ3n) is 3.02. The monoisotopic (exact) mass is 287 g/mol. The predicted molar refractivity (Wildman–Crippen MR) is 81.4 cm³/mol. The minimum Gasteiger partial charge on any atom is -0.494 e. The maximum Gasteiger partial charge on any atom is 0.159 e. The van der Waals surface area contributed by atoms with E-state index in [0.717, 1.165) is 18.7 Å². The lowest BCUT2D eigenvalue weighted by molar-refractivity contribution is 0.101. The van der Waals surface area contributed by atoms with E-state index in [1.165, 1.54) is 12.1 Å². The first-order valence-electron chi connectivity index (χ1n) is 6.88. The Kier molecular flexibility index (Phi) is 5.32. The average Bonchev–Trinajstić information content (AvgIpc) is 2.49. The molecule has 1 N–H and O–H groups in total. The largest absolute Gasteiger partial charge is 0.494 e. The van der Waals surface area contributed by atoms with Crippen LogP contribution in [0.25, 0.3) is 0 Å². The molecule has 0 fully saturated rings. The fourth-order valence-electron chi connectivity index (χ4n) is 1.85. The van der Waals surface area contributed by atoms with E-state index in [9.17, 15) is 9.18 Å². The lowest BCUT2D eigenvalue weighted by Crippen LogP contribution is -2.07. The van der Waals surface area contributed by atoms with Gasteiger partial charge in [0.05, 0.1) is 6.61 Å². The average molecular weight is 287 g/mol. The second-order valence-electron chi connectivity index (χ2n) is 4.72. The highest BCUT2D eigenvalue weighted by atomic mass is 19.1. The van der Waals surface area contributed by atoms with E-state index in [1.54, 1.807) is 31.2 Å². The second kappa shape index (κ2) is 7.43. The van der Waals surface area contributed by atoms with Gasteiger partial charge in [-0.3, -0.25) is 4.79 Å². The van der Waals surface area contributed by atoms with E-state index in [1.807, 2.05) is 12.1 Å². The molecule has 0 bridgehead atoms. The Morgan fingerprint density at radius 2 is 1.76 bits per heavy atom. The van der Waals surface area contributed by atoms with Gasteiger partial charge in [0.1, 0.15) is 11.6 Å². The Balaban J connectivity index is 1.67. The molecule has 0 heterocycles. The Morgan fingerprint density at radius 3 is 2.38 bits per heavy atom. The fourth-order valence-corrected chi connectivity index (χ4v) is 1.85. The first kappa shape index (κ1) is 15.0. The number of nitrogens with one attached hydrogen (secondary N) is 1. The summed E-state index contributed by atoms with van der Waals surface area (Å²) < 4.78 is 18.2. The molecule has 0 radical (unpaired) electrons. The lowest BCUT2D eigenvalue weighted by Gasteiger charge is -2.08. The van der Waals surface area contributed by atoms with Crippen LogP contribution in [0.1, 0.15) is 23.7 Å². The number of benzene rings is 2. The molecule has 0 aromatic heterocycles. The smallest absolute Gasteiger partial charge is 0.159 e. The van der Waals surface area contributed by atoms with Crippen LogP contribution in [0, 0.1) is 5.82 Å². The molecule has 2 aromatic rings. The Morgan fingerprint density at radius 1 is 1.10 bits per heavy atom. The zero-order chi connectivity index (χ0) is 15.1. The van der Waals surface area contributed by atoms with Crippen LogP contribution in [0.5, 0.6) is 5.75 Å². The number of hydrogen-bond donors (Lipinski definition) is 1. The van der Waals surface area contributed by atoms with Crippen LogP contribution in [0.2, 0.25) is 0 Å². The maximum atomic E-state index is 12.7. The van der Waals surface area contributed by atoms with Gasteiger partial charge in [-0.15, -0.1) is 0 Å². The SMILES string of the molecule is CC(=O)c1ccc(NCCCOc2ccc(F)cc2)cc1. The van der Waals surface area contributed by atoms with Gasteiger partial charge in [-0.05, 0) is 61.9 Å². The van der Waals surface area contributed by atoms with Crippen molar-refractivity contribution in [1.29, 1.82) is 0 Å². The molecule has 0 aliphatic heterocycles. The van der Waals surface area contributed by atoms with Crippen molar-refractivity contribution in [1.82, 2.24) is 0 Å². The Hall–Kier alpha value is -2.36. The molecule has 0 atom stereocenters. The third-order valence-corrected chi connectivity index (χ3v) is 3.02. The number of rotatable bonds is 7. The molecule has 3 nitrogen and oxygen atoms in total. The van der Waals surface area contributed by atoms with Crippen LogP contribution in [0.3, 0.4) is 0 Å². The van der Waals surface area contributed by atoms with Gasteiger partial charge in [-0.2, -0.15) is 0 Å². The first-order chi connectivity index (χ1) is 10.1. The second-order valence-corrected chi connectivity index (χ2v) is 4.72. The van der Waals surface area contributed by atoms with Gasteiger partial charge < -0.3 is 10.1 Å². The van der Waals surface area contributed by atoms with Crippen LogP contribution in [-0.2, 0) is 0 Å². The highest BCUT2D eigenvalue weighted by molar-refractivity contribution is 5.94. The molecule has 2 rings (SSSR count). The molecule has 0 unspecified atom stereocenters. The van der Waals surface area contributed by atoms with E-state index >= 15 is 0 Å². The maximum absolute atomic E-state index is 12.7. The summed E-state index contributed by atoms with van der Waals surface area (Å²) in [6.45, 7) is 2.87. The predicted octanol–water partition coefficient (Wildman–Crippen LogP) is 3.91. The highest BCUT2D eigenvalue weighted by Gasteiger charge is 1.99. The summed E-state index contributed by atoms with van der Waals surface area (Å²) in [5, 5.41) is 3.25. The van der Waals surface area contributed by atoms with E-state index < -0.39 is 0 Å². The minimum absolute atomic E-state index is 0.0641. The van der Waals surface area contributed by atoms with Crippen molar-refractivity contribution in [3.05, 3.63) is 59.9 Å². The van der Waals surface area contributed by atoms with Crippen LogP contribution in [0.4, 0.5) is 10.1 Å². The fraction of sp³-hybridized carbons (Fsp3) is 0.235. The summed E-state index contributed by atoms with van der Waals surface area (Å²) in [5.74, 6) is 0.467. The normalized spacial score (nSPS) is 10.2. The van der Waals surface area contributed by atoms with Crippen molar-refractivity contribution in [2.75, 3.05) is 18.5 Å². The molecular formula is C17H18FNO2. The van der Waals surface area contributed by atoms with Gasteiger partial charge in [0.2, 0.25) is 0 Å². The van der Waals surface area contributed by atoms with Gasteiger partial charge in [0.15, 0.2) is 5.78 Å². The van der Waals surface area contributed by atoms with Crippen molar-refractivity contribution >= 4 is 11.5 Å². The molecule has 0 saturated carbocycles. The summed E-state index contributed by atoms with van der Waals surface area (Å²) >= 11 is 0. The van der Waals surface area contributed by atoms with Crippen molar-refractivity contribution in [3.8, 4) is 5.75 Å². The van der Waals surface area contributed by atoms with Crippen LogP contribution in [0.15, 0.2) is 48.5 Å². The molecular weight excluding hydrogens is 269 g/mol. The number of halogens is 1. The number of hydrogen-bond acceptors (Lipinski definition) is 3. The molecule has 0 amide bonds.